The quantitative estimate of drug-likeness (QED) is 0.851. The molecule has 0 saturated carbocycles. The molecule has 0 spiro atoms. The SMILES string of the molecule is Cc1ccc(Br)c(NC(CN)c2ccc(Cl)s2)c1. The average Bonchev–Trinajstić information content (AvgIpc) is 2.77. The van der Waals surface area contributed by atoms with E-state index in [0.29, 0.717) is 6.54 Å². The van der Waals surface area contributed by atoms with Crippen LogP contribution < -0.4 is 11.1 Å². The fraction of sp³-hybridized carbons (Fsp3) is 0.231. The standard InChI is InChI=1S/C13H14BrClN2S/c1-8-2-3-9(14)10(6-8)17-11(7-16)12-4-5-13(15)18-12/h2-6,11,17H,7,16H2,1H3. The number of anilines is 1. The highest BCUT2D eigenvalue weighted by molar-refractivity contribution is 9.10. The first-order chi connectivity index (χ1) is 8.60. The van der Waals surface area contributed by atoms with Crippen LogP contribution in [-0.2, 0) is 0 Å². The van der Waals surface area contributed by atoms with Crippen LogP contribution in [-0.4, -0.2) is 6.54 Å². The molecular weight excluding hydrogens is 332 g/mol. The number of nitrogens with one attached hydrogen (secondary N) is 1. The van der Waals surface area contributed by atoms with Gasteiger partial charge in [0.15, 0.2) is 0 Å². The van der Waals surface area contributed by atoms with Gasteiger partial charge in [0, 0.05) is 21.6 Å². The third kappa shape index (κ3) is 3.26. The molecule has 18 heavy (non-hydrogen) atoms. The monoisotopic (exact) mass is 344 g/mol. The number of hydrogen-bond donors (Lipinski definition) is 2. The Hall–Kier alpha value is -0.550. The van der Waals surface area contributed by atoms with E-state index in [-0.39, 0.29) is 6.04 Å². The number of nitrogens with two attached hydrogens (primary N) is 1. The van der Waals surface area contributed by atoms with E-state index in [1.54, 1.807) is 11.3 Å². The molecule has 3 N–H and O–H groups in total. The summed E-state index contributed by atoms with van der Waals surface area (Å²) in [6.07, 6.45) is 0. The van der Waals surface area contributed by atoms with Gasteiger partial charge >= 0.3 is 0 Å². The Kier molecular flexibility index (Phi) is 4.67. The predicted molar refractivity (Wildman–Crippen MR) is 83.6 cm³/mol. The van der Waals surface area contributed by atoms with Gasteiger partial charge in [0.1, 0.15) is 0 Å². The summed E-state index contributed by atoms with van der Waals surface area (Å²) in [6.45, 7) is 2.59. The van der Waals surface area contributed by atoms with Crippen LogP contribution in [0.2, 0.25) is 4.34 Å². The molecule has 0 saturated heterocycles. The fourth-order valence-electron chi connectivity index (χ4n) is 1.70. The Morgan fingerprint density at radius 3 is 2.78 bits per heavy atom. The summed E-state index contributed by atoms with van der Waals surface area (Å²) in [5, 5.41) is 3.45. The van der Waals surface area contributed by atoms with Gasteiger partial charge in [0.25, 0.3) is 0 Å². The molecule has 1 aromatic carbocycles. The third-order valence-electron chi connectivity index (χ3n) is 2.62. The molecule has 0 radical (unpaired) electrons. The molecule has 0 bridgehead atoms. The predicted octanol–water partition coefficient (Wildman–Crippen LogP) is 4.58. The van der Waals surface area contributed by atoms with Crippen molar-refractivity contribution in [1.82, 2.24) is 0 Å². The number of aryl methyl sites for hydroxylation is 1. The Morgan fingerprint density at radius 2 is 2.17 bits per heavy atom. The highest BCUT2D eigenvalue weighted by atomic mass is 79.9. The highest BCUT2D eigenvalue weighted by Crippen LogP contribution is 2.31. The van der Waals surface area contributed by atoms with Crippen molar-refractivity contribution in [3.05, 3.63) is 49.6 Å². The van der Waals surface area contributed by atoms with E-state index < -0.39 is 0 Å². The van der Waals surface area contributed by atoms with Crippen molar-refractivity contribution in [1.29, 1.82) is 0 Å². The maximum atomic E-state index is 5.96. The fourth-order valence-corrected chi connectivity index (χ4v) is 3.19. The third-order valence-corrected chi connectivity index (χ3v) is 4.66. The molecule has 0 amide bonds. The van der Waals surface area contributed by atoms with Crippen molar-refractivity contribution in [3.8, 4) is 0 Å². The molecule has 5 heteroatoms. The lowest BCUT2D eigenvalue weighted by atomic mass is 10.2. The molecule has 0 aliphatic rings. The van der Waals surface area contributed by atoms with Crippen molar-refractivity contribution in [3.63, 3.8) is 0 Å². The summed E-state index contributed by atoms with van der Waals surface area (Å²) in [5.74, 6) is 0. The van der Waals surface area contributed by atoms with Gasteiger partial charge in [0.2, 0.25) is 0 Å². The molecule has 1 heterocycles. The summed E-state index contributed by atoms with van der Waals surface area (Å²) in [6, 6.07) is 10.2. The van der Waals surface area contributed by atoms with E-state index in [9.17, 15) is 0 Å². The van der Waals surface area contributed by atoms with Crippen molar-refractivity contribution in [2.75, 3.05) is 11.9 Å². The van der Waals surface area contributed by atoms with Gasteiger partial charge in [-0.1, -0.05) is 17.7 Å². The zero-order valence-corrected chi connectivity index (χ0v) is 13.1. The van der Waals surface area contributed by atoms with Gasteiger partial charge in [-0.25, -0.2) is 0 Å². The van der Waals surface area contributed by atoms with Gasteiger partial charge in [-0.2, -0.15) is 0 Å². The van der Waals surface area contributed by atoms with Crippen molar-refractivity contribution in [2.24, 2.45) is 5.73 Å². The van der Waals surface area contributed by atoms with Crippen LogP contribution in [0, 0.1) is 6.92 Å². The maximum Gasteiger partial charge on any atom is 0.0932 e. The van der Waals surface area contributed by atoms with E-state index in [0.717, 1.165) is 19.4 Å². The molecule has 1 unspecified atom stereocenters. The van der Waals surface area contributed by atoms with Crippen LogP contribution >= 0.6 is 38.9 Å². The summed E-state index contributed by atoms with van der Waals surface area (Å²) in [7, 11) is 0. The van der Waals surface area contributed by atoms with Crippen LogP contribution in [0.5, 0.6) is 0 Å². The molecule has 1 aromatic heterocycles. The van der Waals surface area contributed by atoms with E-state index in [1.165, 1.54) is 5.56 Å². The lowest BCUT2D eigenvalue weighted by Gasteiger charge is -2.18. The van der Waals surface area contributed by atoms with Crippen molar-refractivity contribution >= 4 is 44.6 Å². The minimum absolute atomic E-state index is 0.0839. The number of halogens is 2. The van der Waals surface area contributed by atoms with Gasteiger partial charge in [0.05, 0.1) is 10.4 Å². The molecule has 0 aliphatic heterocycles. The smallest absolute Gasteiger partial charge is 0.0932 e. The minimum atomic E-state index is 0.0839. The van der Waals surface area contributed by atoms with Crippen LogP contribution in [0.25, 0.3) is 0 Å². The minimum Gasteiger partial charge on any atom is -0.375 e. The zero-order valence-electron chi connectivity index (χ0n) is 9.91. The highest BCUT2D eigenvalue weighted by Gasteiger charge is 2.13. The molecular formula is C13H14BrClN2S. The lowest BCUT2D eigenvalue weighted by Crippen LogP contribution is -2.19. The van der Waals surface area contributed by atoms with E-state index >= 15 is 0 Å². The summed E-state index contributed by atoms with van der Waals surface area (Å²) in [5.41, 5.74) is 8.10. The van der Waals surface area contributed by atoms with Crippen molar-refractivity contribution in [2.45, 2.75) is 13.0 Å². The Morgan fingerprint density at radius 1 is 1.39 bits per heavy atom. The molecule has 0 aliphatic carbocycles. The maximum absolute atomic E-state index is 5.96. The molecule has 2 nitrogen and oxygen atoms in total. The Labute approximate surface area is 124 Å². The normalized spacial score (nSPS) is 12.4. The van der Waals surface area contributed by atoms with Gasteiger partial charge in [-0.3, -0.25) is 0 Å². The number of hydrogen-bond acceptors (Lipinski definition) is 3. The lowest BCUT2D eigenvalue weighted by molar-refractivity contribution is 0.805. The van der Waals surface area contributed by atoms with Crippen molar-refractivity contribution < 1.29 is 0 Å². The zero-order chi connectivity index (χ0) is 13.1. The first-order valence-corrected chi connectivity index (χ1v) is 7.57. The summed E-state index contributed by atoms with van der Waals surface area (Å²) >= 11 is 11.1. The molecule has 2 rings (SSSR count). The number of rotatable bonds is 4. The topological polar surface area (TPSA) is 38.0 Å². The molecule has 0 fully saturated rings. The Balaban J connectivity index is 2.22. The number of thiophene rings is 1. The van der Waals surface area contributed by atoms with E-state index in [4.69, 9.17) is 17.3 Å². The summed E-state index contributed by atoms with van der Waals surface area (Å²) < 4.78 is 1.82. The summed E-state index contributed by atoms with van der Waals surface area (Å²) in [4.78, 5) is 1.15. The van der Waals surface area contributed by atoms with Crippen LogP contribution in [0.3, 0.4) is 0 Å². The van der Waals surface area contributed by atoms with Gasteiger partial charge in [-0.05, 0) is 52.7 Å². The second-order valence-corrected chi connectivity index (χ2v) is 6.66. The van der Waals surface area contributed by atoms with E-state index in [2.05, 4.69) is 40.3 Å². The molecule has 96 valence electrons. The number of benzene rings is 1. The Bertz CT molecular complexity index is 542. The van der Waals surface area contributed by atoms with Gasteiger partial charge < -0.3 is 11.1 Å². The largest absolute Gasteiger partial charge is 0.375 e. The van der Waals surface area contributed by atoms with E-state index in [1.807, 2.05) is 18.2 Å². The second kappa shape index (κ2) is 6.06. The van der Waals surface area contributed by atoms with Crippen LogP contribution in [0.15, 0.2) is 34.8 Å². The first kappa shape index (κ1) is 13.9. The first-order valence-electron chi connectivity index (χ1n) is 5.58. The molecule has 1 atom stereocenters. The molecule has 2 aromatic rings. The second-order valence-electron chi connectivity index (χ2n) is 4.06. The van der Waals surface area contributed by atoms with Gasteiger partial charge in [-0.15, -0.1) is 11.3 Å². The van der Waals surface area contributed by atoms with Crippen LogP contribution in [0.1, 0.15) is 16.5 Å². The average molecular weight is 346 g/mol. The van der Waals surface area contributed by atoms with Crippen LogP contribution in [0.4, 0.5) is 5.69 Å².